The van der Waals surface area contributed by atoms with Crippen molar-refractivity contribution in [3.8, 4) is 0 Å². The number of fused-ring (bicyclic) bond motifs is 3. The molecule has 4 heterocycles. The van der Waals surface area contributed by atoms with Gasteiger partial charge in [-0.15, -0.1) is 11.3 Å². The third kappa shape index (κ3) is 2.28. The quantitative estimate of drug-likeness (QED) is 0.553. The molecule has 0 radical (unpaired) electrons. The van der Waals surface area contributed by atoms with E-state index in [0.717, 1.165) is 35.6 Å². The molecular formula is C14H15N4O4S+. The Morgan fingerprint density at radius 1 is 1.43 bits per heavy atom. The topological polar surface area (TPSA) is 102 Å². The molecule has 0 saturated carbocycles. The highest BCUT2D eigenvalue weighted by atomic mass is 32.1. The van der Waals surface area contributed by atoms with E-state index in [4.69, 9.17) is 4.42 Å². The summed E-state index contributed by atoms with van der Waals surface area (Å²) in [5, 5.41) is 17.6. The number of furan rings is 1. The van der Waals surface area contributed by atoms with E-state index < -0.39 is 11.1 Å². The number of hydrogen-bond acceptors (Lipinski definition) is 6. The maximum Gasteiger partial charge on any atom is 0.433 e. The fourth-order valence-corrected chi connectivity index (χ4v) is 4.46. The van der Waals surface area contributed by atoms with Crippen LogP contribution in [0.15, 0.2) is 16.5 Å². The van der Waals surface area contributed by atoms with Crippen LogP contribution in [-0.2, 0) is 13.0 Å². The predicted molar refractivity (Wildman–Crippen MR) is 82.7 cm³/mol. The van der Waals surface area contributed by atoms with Crippen molar-refractivity contribution in [2.24, 2.45) is 0 Å². The van der Waals surface area contributed by atoms with Crippen molar-refractivity contribution in [3.63, 3.8) is 0 Å². The summed E-state index contributed by atoms with van der Waals surface area (Å²) in [7, 11) is 2.14. The molecular weight excluding hydrogens is 320 g/mol. The molecule has 0 spiro atoms. The first-order valence-corrected chi connectivity index (χ1v) is 8.12. The van der Waals surface area contributed by atoms with Gasteiger partial charge in [0.15, 0.2) is 11.9 Å². The van der Waals surface area contributed by atoms with Gasteiger partial charge < -0.3 is 20.0 Å². The maximum atomic E-state index is 12.5. The number of likely N-dealkylation sites (N-methyl/N-ethyl adjacent to an activating group) is 1. The second-order valence-electron chi connectivity index (χ2n) is 5.83. The summed E-state index contributed by atoms with van der Waals surface area (Å²) in [5.74, 6) is -0.165. The zero-order chi connectivity index (χ0) is 16.1. The third-order valence-electron chi connectivity index (χ3n) is 4.21. The lowest BCUT2D eigenvalue weighted by atomic mass is 10.0. The molecule has 0 aliphatic carbocycles. The minimum absolute atomic E-state index is 0.153. The molecule has 2 aromatic rings. The van der Waals surface area contributed by atoms with Crippen LogP contribution in [0.3, 0.4) is 0 Å². The number of amides is 1. The van der Waals surface area contributed by atoms with Crippen molar-refractivity contribution in [2.75, 3.05) is 18.9 Å². The average molecular weight is 335 g/mol. The number of carbonyl (C=O) groups excluding carboxylic acids is 1. The van der Waals surface area contributed by atoms with Gasteiger partial charge in [-0.1, -0.05) is 0 Å². The summed E-state index contributed by atoms with van der Waals surface area (Å²) in [6.45, 7) is 1.93. The molecule has 1 amide bonds. The smallest absolute Gasteiger partial charge is 0.402 e. The third-order valence-corrected chi connectivity index (χ3v) is 5.37. The first-order valence-electron chi connectivity index (χ1n) is 7.30. The van der Waals surface area contributed by atoms with Gasteiger partial charge in [-0.25, -0.2) is 0 Å². The first kappa shape index (κ1) is 14.2. The van der Waals surface area contributed by atoms with Crippen LogP contribution < -0.4 is 15.5 Å². The zero-order valence-corrected chi connectivity index (χ0v) is 13.2. The van der Waals surface area contributed by atoms with Crippen LogP contribution in [-0.4, -0.2) is 24.4 Å². The number of carbonyl (C=O) groups is 1. The average Bonchev–Trinajstić information content (AvgIpc) is 3.10. The van der Waals surface area contributed by atoms with Crippen molar-refractivity contribution < 1.29 is 19.0 Å². The van der Waals surface area contributed by atoms with Gasteiger partial charge in [0.1, 0.15) is 16.5 Å². The van der Waals surface area contributed by atoms with Gasteiger partial charge in [-0.05, 0) is 11.6 Å². The van der Waals surface area contributed by atoms with E-state index in [9.17, 15) is 14.9 Å². The van der Waals surface area contributed by atoms with Gasteiger partial charge in [-0.3, -0.25) is 14.9 Å². The van der Waals surface area contributed by atoms with Crippen LogP contribution in [0.5, 0.6) is 0 Å². The highest BCUT2D eigenvalue weighted by Crippen LogP contribution is 2.39. The number of thiophene rings is 1. The van der Waals surface area contributed by atoms with E-state index in [2.05, 4.69) is 17.7 Å². The zero-order valence-electron chi connectivity index (χ0n) is 12.3. The lowest BCUT2D eigenvalue weighted by Crippen LogP contribution is -3.08. The van der Waals surface area contributed by atoms with Gasteiger partial charge in [0.05, 0.1) is 30.1 Å². The largest absolute Gasteiger partial charge is 0.433 e. The molecule has 3 N–H and O–H groups in total. The molecule has 2 aromatic heterocycles. The number of rotatable bonds is 2. The van der Waals surface area contributed by atoms with E-state index in [0.29, 0.717) is 5.76 Å². The van der Waals surface area contributed by atoms with Crippen molar-refractivity contribution in [3.05, 3.63) is 44.0 Å². The second-order valence-corrected chi connectivity index (χ2v) is 6.93. The van der Waals surface area contributed by atoms with Gasteiger partial charge in [0, 0.05) is 6.42 Å². The van der Waals surface area contributed by atoms with E-state index >= 15 is 0 Å². The molecule has 2 atom stereocenters. The van der Waals surface area contributed by atoms with Crippen LogP contribution in [0.4, 0.5) is 10.9 Å². The summed E-state index contributed by atoms with van der Waals surface area (Å²) >= 11 is 1.59. The lowest BCUT2D eigenvalue weighted by Gasteiger charge is -2.25. The number of nitrogens with zero attached hydrogens (tertiary/aromatic N) is 1. The Morgan fingerprint density at radius 3 is 3.00 bits per heavy atom. The lowest BCUT2D eigenvalue weighted by molar-refractivity contribution is -0.895. The Morgan fingerprint density at radius 2 is 2.26 bits per heavy atom. The number of nitro groups is 1. The van der Waals surface area contributed by atoms with E-state index in [1.807, 2.05) is 0 Å². The number of anilines is 1. The Labute approximate surface area is 135 Å². The first-order chi connectivity index (χ1) is 11.0. The molecule has 9 heteroatoms. The number of quaternary nitrogens is 1. The Kier molecular flexibility index (Phi) is 3.13. The van der Waals surface area contributed by atoms with Crippen molar-refractivity contribution in [2.45, 2.75) is 19.1 Å². The van der Waals surface area contributed by atoms with Crippen LogP contribution >= 0.6 is 11.3 Å². The molecule has 2 aliphatic heterocycles. The van der Waals surface area contributed by atoms with E-state index in [1.165, 1.54) is 21.9 Å². The summed E-state index contributed by atoms with van der Waals surface area (Å²) in [5.41, 5.74) is 1.85. The molecule has 0 aromatic carbocycles. The van der Waals surface area contributed by atoms with Crippen LogP contribution in [0, 0.1) is 10.1 Å². The SMILES string of the molecule is C[NH+]1CCc2c(sc3c2C(=O)N[C@@H](c2ccc([N+](=O)[O-])o2)N3)C1. The molecule has 120 valence electrons. The van der Waals surface area contributed by atoms with Crippen molar-refractivity contribution >= 4 is 28.1 Å². The summed E-state index contributed by atoms with van der Waals surface area (Å²) < 4.78 is 5.19. The molecule has 23 heavy (non-hydrogen) atoms. The minimum Gasteiger partial charge on any atom is -0.402 e. The standard InChI is InChI=1S/C14H14N4O4S/c1-17-5-4-7-9(6-17)23-14-11(7)13(19)15-12(16-14)8-2-3-10(22-8)18(20)21/h2-3,12,16H,4-6H2,1H3,(H,15,19)/p+1/t12-/m1/s1. The molecule has 1 unspecified atom stereocenters. The minimum atomic E-state index is -0.595. The van der Waals surface area contributed by atoms with Crippen LogP contribution in [0.25, 0.3) is 0 Å². The molecule has 0 bridgehead atoms. The normalized spacial score (nSPS) is 22.7. The van der Waals surface area contributed by atoms with Gasteiger partial charge in [-0.2, -0.15) is 0 Å². The Balaban J connectivity index is 1.67. The Hall–Kier alpha value is -2.39. The molecule has 8 nitrogen and oxygen atoms in total. The number of hydrogen-bond donors (Lipinski definition) is 3. The predicted octanol–water partition coefficient (Wildman–Crippen LogP) is 0.674. The highest BCUT2D eigenvalue weighted by molar-refractivity contribution is 7.16. The highest BCUT2D eigenvalue weighted by Gasteiger charge is 2.35. The summed E-state index contributed by atoms with van der Waals surface area (Å²) in [6.07, 6.45) is 0.299. The van der Waals surface area contributed by atoms with Crippen LogP contribution in [0.1, 0.15) is 32.7 Å². The second kappa shape index (κ2) is 5.07. The molecule has 4 rings (SSSR count). The van der Waals surface area contributed by atoms with Crippen molar-refractivity contribution in [1.82, 2.24) is 5.32 Å². The van der Waals surface area contributed by atoms with E-state index in [-0.39, 0.29) is 11.8 Å². The fraction of sp³-hybridized carbons (Fsp3) is 0.357. The fourth-order valence-electron chi connectivity index (χ4n) is 3.07. The monoisotopic (exact) mass is 335 g/mol. The van der Waals surface area contributed by atoms with Crippen LogP contribution in [0.2, 0.25) is 0 Å². The Bertz CT molecular complexity index is 812. The van der Waals surface area contributed by atoms with E-state index in [1.54, 1.807) is 11.3 Å². The van der Waals surface area contributed by atoms with Gasteiger partial charge >= 0.3 is 5.88 Å². The van der Waals surface area contributed by atoms with Crippen molar-refractivity contribution in [1.29, 1.82) is 0 Å². The molecule has 2 aliphatic rings. The molecule has 0 fully saturated rings. The number of nitrogens with one attached hydrogen (secondary N) is 3. The molecule has 0 saturated heterocycles. The summed E-state index contributed by atoms with van der Waals surface area (Å²) in [6, 6.07) is 2.79. The summed E-state index contributed by atoms with van der Waals surface area (Å²) in [4.78, 5) is 25.3. The van der Waals surface area contributed by atoms with Gasteiger partial charge in [0.25, 0.3) is 5.91 Å². The maximum absolute atomic E-state index is 12.5. The van der Waals surface area contributed by atoms with Gasteiger partial charge in [0.2, 0.25) is 0 Å².